The minimum atomic E-state index is 0.00655. The Morgan fingerprint density at radius 3 is 2.53 bits per heavy atom. The van der Waals surface area contributed by atoms with Crippen molar-refractivity contribution in [2.45, 2.75) is 46.0 Å². The molecule has 19 heavy (non-hydrogen) atoms. The smallest absolute Gasteiger partial charge is 0.217 e. The molecule has 0 aliphatic heterocycles. The van der Waals surface area contributed by atoms with Crippen LogP contribution in [-0.2, 0) is 11.2 Å². The number of rotatable bonds is 8. The van der Waals surface area contributed by atoms with Crippen molar-refractivity contribution in [3.8, 4) is 0 Å². The second kappa shape index (κ2) is 9.37. The molecule has 0 saturated carbocycles. The predicted octanol–water partition coefficient (Wildman–Crippen LogP) is 3.96. The fourth-order valence-corrected chi connectivity index (χ4v) is 1.95. The number of hydrogen-bond acceptors (Lipinski definition) is 1. The van der Waals surface area contributed by atoms with Crippen molar-refractivity contribution >= 4 is 12.0 Å². The molecule has 0 aliphatic rings. The summed E-state index contributed by atoms with van der Waals surface area (Å²) in [4.78, 5) is 10.7. The van der Waals surface area contributed by atoms with Gasteiger partial charge in [0.25, 0.3) is 0 Å². The van der Waals surface area contributed by atoms with Gasteiger partial charge in [-0.05, 0) is 24.0 Å². The fraction of sp³-hybridized carbons (Fsp3) is 0.471. The Bertz CT molecular complexity index is 392. The van der Waals surface area contributed by atoms with Crippen LogP contribution in [0.25, 0.3) is 6.08 Å². The molecule has 1 N–H and O–H groups in total. The lowest BCUT2D eigenvalue weighted by Gasteiger charge is -2.02. The summed E-state index contributed by atoms with van der Waals surface area (Å²) in [7, 11) is 0. The zero-order valence-corrected chi connectivity index (χ0v) is 12.1. The van der Waals surface area contributed by atoms with E-state index in [0.717, 1.165) is 0 Å². The maximum atomic E-state index is 10.7. The molecule has 0 aliphatic carbocycles. The molecule has 0 bridgehead atoms. The van der Waals surface area contributed by atoms with Crippen LogP contribution in [0.4, 0.5) is 0 Å². The summed E-state index contributed by atoms with van der Waals surface area (Å²) < 4.78 is 0. The fourth-order valence-electron chi connectivity index (χ4n) is 1.95. The van der Waals surface area contributed by atoms with Crippen LogP contribution in [0.15, 0.2) is 30.3 Å². The van der Waals surface area contributed by atoms with Gasteiger partial charge in [0.05, 0.1) is 0 Å². The molecule has 0 heterocycles. The van der Waals surface area contributed by atoms with Gasteiger partial charge >= 0.3 is 0 Å². The number of hydrogen-bond donors (Lipinski definition) is 1. The van der Waals surface area contributed by atoms with E-state index in [2.05, 4.69) is 36.5 Å². The standard InChI is InChI=1S/C17H25NO/c1-3-4-5-6-8-16-10-12-17(13-11-16)9-7-14-18-15(2)19/h7,9-13H,3-6,8,14H2,1-2H3,(H,18,19). The Morgan fingerprint density at radius 1 is 1.16 bits per heavy atom. The molecule has 0 fully saturated rings. The first-order valence-electron chi connectivity index (χ1n) is 7.22. The number of benzene rings is 1. The molecule has 1 rings (SSSR count). The lowest BCUT2D eigenvalue weighted by Crippen LogP contribution is -2.19. The van der Waals surface area contributed by atoms with Crippen molar-refractivity contribution in [3.63, 3.8) is 0 Å². The van der Waals surface area contributed by atoms with Gasteiger partial charge in [-0.3, -0.25) is 4.79 Å². The van der Waals surface area contributed by atoms with Crippen molar-refractivity contribution in [3.05, 3.63) is 41.5 Å². The predicted molar refractivity (Wildman–Crippen MR) is 82.0 cm³/mol. The van der Waals surface area contributed by atoms with Gasteiger partial charge in [0.1, 0.15) is 0 Å². The van der Waals surface area contributed by atoms with Crippen LogP contribution in [0.2, 0.25) is 0 Å². The van der Waals surface area contributed by atoms with Gasteiger partial charge in [-0.1, -0.05) is 62.6 Å². The van der Waals surface area contributed by atoms with E-state index in [4.69, 9.17) is 0 Å². The van der Waals surface area contributed by atoms with E-state index in [1.54, 1.807) is 0 Å². The number of unbranched alkanes of at least 4 members (excludes halogenated alkanes) is 3. The van der Waals surface area contributed by atoms with E-state index < -0.39 is 0 Å². The molecule has 0 saturated heterocycles. The van der Waals surface area contributed by atoms with Crippen molar-refractivity contribution < 1.29 is 4.79 Å². The zero-order valence-electron chi connectivity index (χ0n) is 12.1. The van der Waals surface area contributed by atoms with Crippen LogP contribution in [0.5, 0.6) is 0 Å². The van der Waals surface area contributed by atoms with Gasteiger partial charge in [-0.2, -0.15) is 0 Å². The first-order chi connectivity index (χ1) is 9.22. The largest absolute Gasteiger partial charge is 0.353 e. The summed E-state index contributed by atoms with van der Waals surface area (Å²) >= 11 is 0. The second-order valence-electron chi connectivity index (χ2n) is 4.89. The van der Waals surface area contributed by atoms with Crippen molar-refractivity contribution in [2.75, 3.05) is 6.54 Å². The topological polar surface area (TPSA) is 29.1 Å². The third-order valence-corrected chi connectivity index (χ3v) is 3.08. The van der Waals surface area contributed by atoms with Gasteiger partial charge in [0.2, 0.25) is 5.91 Å². The maximum Gasteiger partial charge on any atom is 0.217 e. The Labute approximate surface area is 116 Å². The quantitative estimate of drug-likeness (QED) is 0.703. The highest BCUT2D eigenvalue weighted by Gasteiger charge is 1.94. The van der Waals surface area contributed by atoms with Crippen LogP contribution in [0, 0.1) is 0 Å². The molecule has 0 spiro atoms. The number of aryl methyl sites for hydroxylation is 1. The first kappa shape index (κ1) is 15.5. The van der Waals surface area contributed by atoms with E-state index in [0.29, 0.717) is 6.54 Å². The SMILES string of the molecule is CCCCCCc1ccc(C=CCNC(C)=O)cc1. The van der Waals surface area contributed by atoms with E-state index in [1.807, 2.05) is 12.2 Å². The number of amides is 1. The summed E-state index contributed by atoms with van der Waals surface area (Å²) in [6.07, 6.45) is 10.4. The third kappa shape index (κ3) is 7.45. The van der Waals surface area contributed by atoms with E-state index >= 15 is 0 Å². The molecule has 104 valence electrons. The highest BCUT2D eigenvalue weighted by atomic mass is 16.1. The van der Waals surface area contributed by atoms with Crippen molar-refractivity contribution in [1.29, 1.82) is 0 Å². The summed E-state index contributed by atoms with van der Waals surface area (Å²) in [6.45, 7) is 4.36. The Hall–Kier alpha value is -1.57. The lowest BCUT2D eigenvalue weighted by molar-refractivity contribution is -0.118. The molecule has 1 amide bonds. The average Bonchev–Trinajstić information content (AvgIpc) is 2.41. The van der Waals surface area contributed by atoms with E-state index in [1.165, 1.54) is 50.2 Å². The molecule has 1 aromatic carbocycles. The Kier molecular flexibility index (Phi) is 7.64. The molecule has 0 unspecified atom stereocenters. The first-order valence-corrected chi connectivity index (χ1v) is 7.22. The minimum Gasteiger partial charge on any atom is -0.353 e. The number of carbonyl (C=O) groups excluding carboxylic acids is 1. The molecule has 0 atom stereocenters. The summed E-state index contributed by atoms with van der Waals surface area (Å²) in [5.41, 5.74) is 2.60. The van der Waals surface area contributed by atoms with Crippen LogP contribution < -0.4 is 5.32 Å². The van der Waals surface area contributed by atoms with Crippen LogP contribution in [0.3, 0.4) is 0 Å². The van der Waals surface area contributed by atoms with E-state index in [-0.39, 0.29) is 5.91 Å². The van der Waals surface area contributed by atoms with Gasteiger partial charge in [-0.15, -0.1) is 0 Å². The lowest BCUT2D eigenvalue weighted by atomic mass is 10.0. The number of carbonyl (C=O) groups is 1. The summed E-state index contributed by atoms with van der Waals surface area (Å²) in [6, 6.07) is 8.67. The van der Waals surface area contributed by atoms with Crippen molar-refractivity contribution in [2.24, 2.45) is 0 Å². The van der Waals surface area contributed by atoms with Gasteiger partial charge in [0, 0.05) is 13.5 Å². The average molecular weight is 259 g/mol. The van der Waals surface area contributed by atoms with Gasteiger partial charge < -0.3 is 5.32 Å². The Balaban J connectivity index is 2.32. The summed E-state index contributed by atoms with van der Waals surface area (Å²) in [5, 5.41) is 2.74. The number of nitrogens with one attached hydrogen (secondary N) is 1. The van der Waals surface area contributed by atoms with Crippen LogP contribution in [0.1, 0.15) is 50.7 Å². The molecule has 0 radical (unpaired) electrons. The maximum absolute atomic E-state index is 10.7. The minimum absolute atomic E-state index is 0.00655. The van der Waals surface area contributed by atoms with Gasteiger partial charge in [0.15, 0.2) is 0 Å². The molecular formula is C17H25NO. The molecule has 1 aromatic rings. The highest BCUT2D eigenvalue weighted by molar-refractivity contribution is 5.73. The van der Waals surface area contributed by atoms with Crippen molar-refractivity contribution in [1.82, 2.24) is 5.32 Å². The van der Waals surface area contributed by atoms with Crippen LogP contribution >= 0.6 is 0 Å². The summed E-state index contributed by atoms with van der Waals surface area (Å²) in [5.74, 6) is 0.00655. The molecule has 2 heteroatoms. The van der Waals surface area contributed by atoms with Crippen LogP contribution in [-0.4, -0.2) is 12.5 Å². The van der Waals surface area contributed by atoms with E-state index in [9.17, 15) is 4.79 Å². The monoisotopic (exact) mass is 259 g/mol. The molecule has 0 aromatic heterocycles. The molecular weight excluding hydrogens is 234 g/mol. The van der Waals surface area contributed by atoms with Gasteiger partial charge in [-0.25, -0.2) is 0 Å². The molecule has 2 nitrogen and oxygen atoms in total. The highest BCUT2D eigenvalue weighted by Crippen LogP contribution is 2.10. The second-order valence-corrected chi connectivity index (χ2v) is 4.89. The zero-order chi connectivity index (χ0) is 13.9. The Morgan fingerprint density at radius 2 is 1.89 bits per heavy atom. The normalized spacial score (nSPS) is 10.8. The third-order valence-electron chi connectivity index (χ3n) is 3.08.